The van der Waals surface area contributed by atoms with Crippen LogP contribution in [0.4, 0.5) is 5.82 Å². The van der Waals surface area contributed by atoms with Gasteiger partial charge in [0.05, 0.1) is 16.8 Å². The molecular weight excluding hydrogens is 412 g/mol. The molecule has 164 valence electrons. The van der Waals surface area contributed by atoms with Crippen LogP contribution < -0.4 is 11.5 Å². The Hall–Kier alpha value is -3.99. The quantitative estimate of drug-likeness (QED) is 0.433. The van der Waals surface area contributed by atoms with Gasteiger partial charge in [0.2, 0.25) is 0 Å². The second-order valence-electron chi connectivity index (χ2n) is 7.75. The fraction of sp³-hybridized carbons (Fsp3) is 0.286. The zero-order valence-corrected chi connectivity index (χ0v) is 17.4. The number of nitrogens with zero attached hydrogens (tertiary/aromatic N) is 6. The van der Waals surface area contributed by atoms with E-state index in [-0.39, 0.29) is 29.2 Å². The number of benzene rings is 1. The number of aromatic nitrogens is 5. The number of hydrogen-bond donors (Lipinski definition) is 3. The smallest absolute Gasteiger partial charge is 0.257 e. The van der Waals surface area contributed by atoms with Gasteiger partial charge in [-0.05, 0) is 35.8 Å². The molecule has 4 heterocycles. The third-order valence-corrected chi connectivity index (χ3v) is 5.67. The van der Waals surface area contributed by atoms with Gasteiger partial charge in [0, 0.05) is 37.4 Å². The Morgan fingerprint density at radius 1 is 1.31 bits per heavy atom. The first-order chi connectivity index (χ1) is 15.5. The molecule has 1 saturated heterocycles. The molecule has 1 amide bonds. The van der Waals surface area contributed by atoms with Crippen LogP contribution in [-0.4, -0.2) is 59.9 Å². The van der Waals surface area contributed by atoms with Crippen molar-refractivity contribution in [1.82, 2.24) is 29.7 Å². The lowest BCUT2D eigenvalue weighted by atomic mass is 10.1. The summed E-state index contributed by atoms with van der Waals surface area (Å²) in [6.45, 7) is 3.50. The molecule has 1 atom stereocenters. The van der Waals surface area contributed by atoms with Gasteiger partial charge in [-0.15, -0.1) is 0 Å². The summed E-state index contributed by atoms with van der Waals surface area (Å²) >= 11 is 0. The van der Waals surface area contributed by atoms with Crippen LogP contribution in [0.2, 0.25) is 0 Å². The topological polar surface area (TPSA) is 162 Å². The number of amides is 1. The molecule has 0 aliphatic carbocycles. The Bertz CT molecular complexity index is 1330. The summed E-state index contributed by atoms with van der Waals surface area (Å²) in [6.07, 6.45) is 2.30. The second kappa shape index (κ2) is 7.61. The van der Waals surface area contributed by atoms with Crippen LogP contribution >= 0.6 is 0 Å². The summed E-state index contributed by atoms with van der Waals surface area (Å²) in [5.41, 5.74) is 14.9. The highest BCUT2D eigenvalue weighted by Crippen LogP contribution is 2.35. The molecular formula is C21H22N8O3. The molecule has 0 saturated carbocycles. The summed E-state index contributed by atoms with van der Waals surface area (Å²) in [5, 5.41) is 17.5. The molecule has 1 aliphatic rings. The van der Waals surface area contributed by atoms with E-state index in [1.807, 2.05) is 17.6 Å². The van der Waals surface area contributed by atoms with E-state index in [1.165, 1.54) is 0 Å². The SMILES string of the molecule is CCn1c(-c2nonc2N)nc2c(-c3cccc(O)c3)ncc(C(=O)N3CCC(N)C3)c21. The number of phenols is 1. The van der Waals surface area contributed by atoms with E-state index in [0.29, 0.717) is 53.3 Å². The van der Waals surface area contributed by atoms with E-state index >= 15 is 0 Å². The molecule has 1 unspecified atom stereocenters. The Labute approximate surface area is 182 Å². The van der Waals surface area contributed by atoms with Crippen LogP contribution in [0.3, 0.4) is 0 Å². The number of hydrogen-bond acceptors (Lipinski definition) is 9. The maximum absolute atomic E-state index is 13.4. The molecule has 0 radical (unpaired) electrons. The first-order valence-electron chi connectivity index (χ1n) is 10.3. The lowest BCUT2D eigenvalue weighted by Gasteiger charge is -2.17. The Balaban J connectivity index is 1.78. The molecule has 1 aliphatic heterocycles. The minimum atomic E-state index is -0.162. The van der Waals surface area contributed by atoms with E-state index in [1.54, 1.807) is 29.3 Å². The average Bonchev–Trinajstić information content (AvgIpc) is 3.50. The summed E-state index contributed by atoms with van der Waals surface area (Å²) < 4.78 is 6.63. The van der Waals surface area contributed by atoms with Crippen molar-refractivity contribution < 1.29 is 14.5 Å². The first kappa shape index (κ1) is 19.9. The number of carbonyl (C=O) groups is 1. The molecule has 32 heavy (non-hydrogen) atoms. The summed E-state index contributed by atoms with van der Waals surface area (Å²) in [7, 11) is 0. The van der Waals surface area contributed by atoms with Crippen molar-refractivity contribution in [3.8, 4) is 28.5 Å². The van der Waals surface area contributed by atoms with Crippen molar-refractivity contribution in [2.45, 2.75) is 25.9 Å². The molecule has 4 aromatic rings. The number of nitrogens with two attached hydrogens (primary N) is 2. The van der Waals surface area contributed by atoms with Gasteiger partial charge in [-0.2, -0.15) is 0 Å². The van der Waals surface area contributed by atoms with Crippen molar-refractivity contribution in [1.29, 1.82) is 0 Å². The number of rotatable bonds is 4. The van der Waals surface area contributed by atoms with Gasteiger partial charge < -0.3 is 26.0 Å². The third kappa shape index (κ3) is 3.14. The number of phenolic OH excluding ortho intramolecular Hbond substituents is 1. The van der Waals surface area contributed by atoms with Crippen molar-refractivity contribution in [3.05, 3.63) is 36.0 Å². The normalized spacial score (nSPS) is 16.2. The van der Waals surface area contributed by atoms with Crippen molar-refractivity contribution in [3.63, 3.8) is 0 Å². The van der Waals surface area contributed by atoms with Crippen LogP contribution in [-0.2, 0) is 6.54 Å². The third-order valence-electron chi connectivity index (χ3n) is 5.67. The number of likely N-dealkylation sites (tertiary alicyclic amines) is 1. The van der Waals surface area contributed by atoms with Gasteiger partial charge in [-0.25, -0.2) is 9.61 Å². The monoisotopic (exact) mass is 434 g/mol. The fourth-order valence-corrected chi connectivity index (χ4v) is 4.14. The number of carbonyl (C=O) groups excluding carboxylic acids is 1. The molecule has 5 rings (SSSR count). The average molecular weight is 434 g/mol. The lowest BCUT2D eigenvalue weighted by molar-refractivity contribution is 0.0792. The van der Waals surface area contributed by atoms with Crippen LogP contribution in [0.1, 0.15) is 23.7 Å². The minimum absolute atomic E-state index is 0.0402. The number of nitrogen functional groups attached to an aromatic ring is 1. The predicted octanol–water partition coefficient (Wildman–Crippen LogP) is 1.63. The van der Waals surface area contributed by atoms with E-state index in [4.69, 9.17) is 21.1 Å². The first-order valence-corrected chi connectivity index (χ1v) is 10.3. The highest BCUT2D eigenvalue weighted by Gasteiger charge is 2.30. The van der Waals surface area contributed by atoms with E-state index < -0.39 is 0 Å². The van der Waals surface area contributed by atoms with Gasteiger partial charge in [-0.3, -0.25) is 9.78 Å². The standard InChI is InChI=1S/C21H22N8O3/c1-2-29-18-14(21(31)28-7-6-12(22)10-28)9-24-15(11-4-3-5-13(30)8-11)16(18)25-20(29)17-19(23)27-32-26-17/h3-5,8-9,12,30H,2,6-7,10,22H2,1H3,(H2,23,27). The number of anilines is 1. The van der Waals surface area contributed by atoms with Crippen molar-refractivity contribution in [2.24, 2.45) is 5.73 Å². The van der Waals surface area contributed by atoms with Crippen molar-refractivity contribution >= 4 is 22.8 Å². The molecule has 0 bridgehead atoms. The van der Waals surface area contributed by atoms with Crippen LogP contribution in [0.25, 0.3) is 33.8 Å². The number of aryl methyl sites for hydroxylation is 1. The largest absolute Gasteiger partial charge is 0.508 e. The number of imidazole rings is 1. The maximum atomic E-state index is 13.4. The van der Waals surface area contributed by atoms with E-state index in [2.05, 4.69) is 15.3 Å². The summed E-state index contributed by atoms with van der Waals surface area (Å²) in [6, 6.07) is 6.67. The molecule has 11 heteroatoms. The maximum Gasteiger partial charge on any atom is 0.257 e. The molecule has 5 N–H and O–H groups in total. The fourth-order valence-electron chi connectivity index (χ4n) is 4.14. The molecule has 3 aromatic heterocycles. The second-order valence-corrected chi connectivity index (χ2v) is 7.75. The van der Waals surface area contributed by atoms with E-state index in [0.717, 1.165) is 6.42 Å². The summed E-state index contributed by atoms with van der Waals surface area (Å²) in [4.78, 5) is 24.5. The van der Waals surface area contributed by atoms with Crippen LogP contribution in [0, 0.1) is 0 Å². The predicted molar refractivity (Wildman–Crippen MR) is 117 cm³/mol. The van der Waals surface area contributed by atoms with Gasteiger partial charge in [0.15, 0.2) is 17.3 Å². The van der Waals surface area contributed by atoms with Crippen LogP contribution in [0.15, 0.2) is 35.1 Å². The molecule has 11 nitrogen and oxygen atoms in total. The summed E-state index contributed by atoms with van der Waals surface area (Å²) in [5.74, 6) is 0.456. The van der Waals surface area contributed by atoms with Gasteiger partial charge >= 0.3 is 0 Å². The molecule has 1 aromatic carbocycles. The van der Waals surface area contributed by atoms with Crippen molar-refractivity contribution in [2.75, 3.05) is 18.8 Å². The van der Waals surface area contributed by atoms with Crippen LogP contribution in [0.5, 0.6) is 5.75 Å². The zero-order valence-electron chi connectivity index (χ0n) is 17.4. The Morgan fingerprint density at radius 2 is 2.16 bits per heavy atom. The number of aromatic hydroxyl groups is 1. The van der Waals surface area contributed by atoms with Gasteiger partial charge in [-0.1, -0.05) is 12.1 Å². The number of pyridine rings is 1. The molecule has 1 fully saturated rings. The van der Waals surface area contributed by atoms with Gasteiger partial charge in [0.25, 0.3) is 5.91 Å². The zero-order chi connectivity index (χ0) is 22.4. The highest BCUT2D eigenvalue weighted by molar-refractivity contribution is 6.08. The lowest BCUT2D eigenvalue weighted by Crippen LogP contribution is -2.32. The Morgan fingerprint density at radius 3 is 2.81 bits per heavy atom. The highest BCUT2D eigenvalue weighted by atomic mass is 16.6. The Kier molecular flexibility index (Phi) is 4.74. The van der Waals surface area contributed by atoms with Gasteiger partial charge in [0.1, 0.15) is 11.3 Å². The molecule has 0 spiro atoms. The number of fused-ring (bicyclic) bond motifs is 1. The minimum Gasteiger partial charge on any atom is -0.508 e. The van der Waals surface area contributed by atoms with E-state index in [9.17, 15) is 9.90 Å².